The largest absolute Gasteiger partial charge is 0.423 e. The van der Waals surface area contributed by atoms with Crippen LogP contribution in [-0.2, 0) is 6.54 Å². The molecule has 0 radical (unpaired) electrons. The van der Waals surface area contributed by atoms with Crippen molar-refractivity contribution in [3.05, 3.63) is 53.1 Å². The second-order valence-corrected chi connectivity index (χ2v) is 4.57. The average molecular weight is 274 g/mol. The first-order chi connectivity index (χ1) is 9.24. The van der Waals surface area contributed by atoms with Crippen molar-refractivity contribution >= 4 is 34.4 Å². The molecule has 0 atom stereocenters. The number of rotatable bonds is 3. The molecule has 0 bridgehead atoms. The van der Waals surface area contributed by atoms with Gasteiger partial charge in [0.25, 0.3) is 6.01 Å². The fourth-order valence-electron chi connectivity index (χ4n) is 1.86. The second kappa shape index (κ2) is 4.82. The molecule has 0 amide bonds. The number of hydrogen-bond acceptors (Lipinski definition) is 4. The lowest BCUT2D eigenvalue weighted by molar-refractivity contribution is 0.614. The lowest BCUT2D eigenvalue weighted by Gasteiger charge is -2.03. The van der Waals surface area contributed by atoms with Crippen LogP contribution in [0.3, 0.4) is 0 Å². The van der Waals surface area contributed by atoms with E-state index in [4.69, 9.17) is 21.8 Å². The first kappa shape index (κ1) is 11.9. The minimum absolute atomic E-state index is 0.438. The third kappa shape index (κ3) is 2.35. The Morgan fingerprint density at radius 3 is 2.79 bits per heavy atom. The van der Waals surface area contributed by atoms with Crippen molar-refractivity contribution in [3.8, 4) is 0 Å². The second-order valence-electron chi connectivity index (χ2n) is 4.16. The summed E-state index contributed by atoms with van der Waals surface area (Å²) in [5.74, 6) is 0. The molecule has 1 aromatic heterocycles. The van der Waals surface area contributed by atoms with Gasteiger partial charge in [0, 0.05) is 11.6 Å². The molecule has 0 aliphatic rings. The van der Waals surface area contributed by atoms with Crippen LogP contribution >= 0.6 is 11.6 Å². The topological polar surface area (TPSA) is 64.1 Å². The number of aromatic nitrogens is 1. The molecule has 4 nitrogen and oxygen atoms in total. The summed E-state index contributed by atoms with van der Waals surface area (Å²) in [4.78, 5) is 4.31. The van der Waals surface area contributed by atoms with Gasteiger partial charge in [-0.15, -0.1) is 0 Å². The van der Waals surface area contributed by atoms with E-state index >= 15 is 0 Å². The molecule has 0 aliphatic carbocycles. The minimum atomic E-state index is 0.438. The Kier molecular flexibility index (Phi) is 3.01. The third-order valence-corrected chi connectivity index (χ3v) is 3.21. The SMILES string of the molecule is Nc1cccc2oc(NCc3ccccc3Cl)nc12. The summed E-state index contributed by atoms with van der Waals surface area (Å²) in [6.45, 7) is 0.548. The number of nitrogens with one attached hydrogen (secondary N) is 1. The highest BCUT2D eigenvalue weighted by atomic mass is 35.5. The van der Waals surface area contributed by atoms with Gasteiger partial charge in [-0.1, -0.05) is 35.9 Å². The van der Waals surface area contributed by atoms with E-state index in [1.807, 2.05) is 36.4 Å². The average Bonchev–Trinajstić information content (AvgIpc) is 2.82. The first-order valence-corrected chi connectivity index (χ1v) is 6.24. The zero-order valence-corrected chi connectivity index (χ0v) is 10.8. The molecule has 3 aromatic rings. The summed E-state index contributed by atoms with van der Waals surface area (Å²) < 4.78 is 5.57. The molecule has 0 saturated heterocycles. The van der Waals surface area contributed by atoms with Gasteiger partial charge in [-0.3, -0.25) is 0 Å². The molecule has 5 heteroatoms. The van der Waals surface area contributed by atoms with E-state index in [2.05, 4.69) is 10.3 Å². The number of fused-ring (bicyclic) bond motifs is 1. The van der Waals surface area contributed by atoms with E-state index in [1.165, 1.54) is 0 Å². The molecule has 0 unspecified atom stereocenters. The molecule has 19 heavy (non-hydrogen) atoms. The van der Waals surface area contributed by atoms with Gasteiger partial charge in [-0.2, -0.15) is 4.98 Å². The summed E-state index contributed by atoms with van der Waals surface area (Å²) in [6, 6.07) is 13.5. The normalized spacial score (nSPS) is 10.8. The summed E-state index contributed by atoms with van der Waals surface area (Å²) in [7, 11) is 0. The van der Waals surface area contributed by atoms with Crippen molar-refractivity contribution in [1.29, 1.82) is 0 Å². The number of nitrogens with zero attached hydrogens (tertiary/aromatic N) is 1. The summed E-state index contributed by atoms with van der Waals surface area (Å²) in [5.41, 5.74) is 8.76. The number of para-hydroxylation sites is 1. The van der Waals surface area contributed by atoms with Crippen LogP contribution in [0, 0.1) is 0 Å². The number of anilines is 2. The quantitative estimate of drug-likeness (QED) is 0.715. The van der Waals surface area contributed by atoms with Gasteiger partial charge in [0.05, 0.1) is 5.69 Å². The van der Waals surface area contributed by atoms with Gasteiger partial charge >= 0.3 is 0 Å². The number of halogens is 1. The number of nitrogens with two attached hydrogens (primary N) is 1. The highest BCUT2D eigenvalue weighted by molar-refractivity contribution is 6.31. The van der Waals surface area contributed by atoms with E-state index in [-0.39, 0.29) is 0 Å². The Labute approximate surface area is 115 Å². The van der Waals surface area contributed by atoms with Gasteiger partial charge in [-0.05, 0) is 23.8 Å². The van der Waals surface area contributed by atoms with Crippen LogP contribution in [0.5, 0.6) is 0 Å². The number of benzene rings is 2. The zero-order chi connectivity index (χ0) is 13.2. The highest BCUT2D eigenvalue weighted by Gasteiger charge is 2.08. The lowest BCUT2D eigenvalue weighted by atomic mass is 10.2. The van der Waals surface area contributed by atoms with Crippen molar-refractivity contribution < 1.29 is 4.42 Å². The van der Waals surface area contributed by atoms with Crippen LogP contribution in [0.15, 0.2) is 46.9 Å². The lowest BCUT2D eigenvalue weighted by Crippen LogP contribution is -1.99. The summed E-state index contributed by atoms with van der Waals surface area (Å²) in [6.07, 6.45) is 0. The van der Waals surface area contributed by atoms with E-state index in [0.29, 0.717) is 34.4 Å². The number of oxazole rings is 1. The molecular weight excluding hydrogens is 262 g/mol. The molecule has 0 aliphatic heterocycles. The molecule has 3 rings (SSSR count). The Morgan fingerprint density at radius 1 is 1.16 bits per heavy atom. The van der Waals surface area contributed by atoms with Crippen LogP contribution in [0.1, 0.15) is 5.56 Å². The Balaban J connectivity index is 1.83. The monoisotopic (exact) mass is 273 g/mol. The van der Waals surface area contributed by atoms with Crippen molar-refractivity contribution in [2.75, 3.05) is 11.1 Å². The van der Waals surface area contributed by atoms with E-state index in [1.54, 1.807) is 6.07 Å². The minimum Gasteiger partial charge on any atom is -0.423 e. The smallest absolute Gasteiger partial charge is 0.296 e. The maximum Gasteiger partial charge on any atom is 0.296 e. The predicted octanol–water partition coefficient (Wildman–Crippen LogP) is 3.68. The van der Waals surface area contributed by atoms with Gasteiger partial charge in [0.15, 0.2) is 5.58 Å². The zero-order valence-electron chi connectivity index (χ0n) is 10.1. The van der Waals surface area contributed by atoms with E-state index in [9.17, 15) is 0 Å². The standard InChI is InChI=1S/C14H12ClN3O/c15-10-5-2-1-4-9(10)8-17-14-18-13-11(16)6-3-7-12(13)19-14/h1-7H,8,16H2,(H,17,18). The van der Waals surface area contributed by atoms with Crippen molar-refractivity contribution in [3.63, 3.8) is 0 Å². The maximum atomic E-state index is 6.08. The summed E-state index contributed by atoms with van der Waals surface area (Å²) >= 11 is 6.08. The molecule has 1 heterocycles. The van der Waals surface area contributed by atoms with E-state index < -0.39 is 0 Å². The molecule has 0 saturated carbocycles. The predicted molar refractivity (Wildman–Crippen MR) is 77.2 cm³/mol. The highest BCUT2D eigenvalue weighted by Crippen LogP contribution is 2.24. The Hall–Kier alpha value is -2.20. The number of nitrogen functional groups attached to an aromatic ring is 1. The Morgan fingerprint density at radius 2 is 2.00 bits per heavy atom. The van der Waals surface area contributed by atoms with Gasteiger partial charge in [-0.25, -0.2) is 0 Å². The van der Waals surface area contributed by atoms with Crippen LogP contribution < -0.4 is 11.1 Å². The van der Waals surface area contributed by atoms with Gasteiger partial charge < -0.3 is 15.5 Å². The van der Waals surface area contributed by atoms with Gasteiger partial charge in [0.2, 0.25) is 0 Å². The van der Waals surface area contributed by atoms with Gasteiger partial charge in [0.1, 0.15) is 5.52 Å². The Bertz CT molecular complexity index is 724. The molecule has 2 aromatic carbocycles. The number of hydrogen-bond donors (Lipinski definition) is 2. The molecule has 96 valence electrons. The van der Waals surface area contributed by atoms with Crippen LogP contribution in [-0.4, -0.2) is 4.98 Å². The van der Waals surface area contributed by atoms with Crippen LogP contribution in [0.4, 0.5) is 11.7 Å². The molecular formula is C14H12ClN3O. The van der Waals surface area contributed by atoms with E-state index in [0.717, 1.165) is 5.56 Å². The molecule has 0 spiro atoms. The van der Waals surface area contributed by atoms with Crippen molar-refractivity contribution in [1.82, 2.24) is 4.98 Å². The van der Waals surface area contributed by atoms with Crippen LogP contribution in [0.25, 0.3) is 11.1 Å². The van der Waals surface area contributed by atoms with Crippen molar-refractivity contribution in [2.45, 2.75) is 6.54 Å². The summed E-state index contributed by atoms with van der Waals surface area (Å²) in [5, 5.41) is 3.81. The molecule has 0 fully saturated rings. The van der Waals surface area contributed by atoms with Crippen LogP contribution in [0.2, 0.25) is 5.02 Å². The fraction of sp³-hybridized carbons (Fsp3) is 0.0714. The first-order valence-electron chi connectivity index (χ1n) is 5.86. The third-order valence-electron chi connectivity index (χ3n) is 2.84. The molecule has 3 N–H and O–H groups in total. The fourth-order valence-corrected chi connectivity index (χ4v) is 2.06. The van der Waals surface area contributed by atoms with Crippen molar-refractivity contribution in [2.24, 2.45) is 0 Å². The maximum absolute atomic E-state index is 6.08.